The number of nitrogens with one attached hydrogen (secondary N) is 1. The molecular weight excluding hydrogens is 238 g/mol. The van der Waals surface area contributed by atoms with Gasteiger partial charge in [-0.3, -0.25) is 0 Å². The van der Waals surface area contributed by atoms with Gasteiger partial charge in [-0.05, 0) is 36.6 Å². The topological polar surface area (TPSA) is 12.0 Å². The molecule has 1 heterocycles. The number of benzene rings is 1. The van der Waals surface area contributed by atoms with Gasteiger partial charge in [-0.15, -0.1) is 0 Å². The van der Waals surface area contributed by atoms with Crippen molar-refractivity contribution in [2.24, 2.45) is 0 Å². The van der Waals surface area contributed by atoms with E-state index in [9.17, 15) is 0 Å². The van der Waals surface area contributed by atoms with Gasteiger partial charge in [0.25, 0.3) is 0 Å². The number of hydrogen-bond donors (Lipinski definition) is 1. The van der Waals surface area contributed by atoms with E-state index in [2.05, 4.69) is 29.2 Å². The Morgan fingerprint density at radius 1 is 1.31 bits per heavy atom. The van der Waals surface area contributed by atoms with Crippen LogP contribution in [0.15, 0.2) is 24.3 Å². The van der Waals surface area contributed by atoms with E-state index in [0.717, 1.165) is 5.02 Å². The lowest BCUT2D eigenvalue weighted by Gasteiger charge is -2.23. The molecule has 1 aromatic carbocycles. The molecule has 16 heavy (non-hydrogen) atoms. The smallest absolute Gasteiger partial charge is 0.0456 e. The first-order valence-electron chi connectivity index (χ1n) is 5.91. The van der Waals surface area contributed by atoms with Gasteiger partial charge < -0.3 is 5.32 Å². The molecule has 1 aliphatic carbocycles. The highest BCUT2D eigenvalue weighted by atomic mass is 35.5. The van der Waals surface area contributed by atoms with Crippen LogP contribution in [0.1, 0.15) is 24.8 Å². The summed E-state index contributed by atoms with van der Waals surface area (Å²) in [5.74, 6) is 2.56. The molecule has 2 fully saturated rings. The van der Waals surface area contributed by atoms with Gasteiger partial charge in [-0.1, -0.05) is 29.8 Å². The molecule has 0 radical (unpaired) electrons. The molecule has 1 saturated carbocycles. The molecule has 1 aromatic rings. The van der Waals surface area contributed by atoms with Crippen LogP contribution in [0.3, 0.4) is 0 Å². The molecule has 1 atom stereocenters. The van der Waals surface area contributed by atoms with Gasteiger partial charge in [-0.2, -0.15) is 11.8 Å². The molecule has 3 heteroatoms. The van der Waals surface area contributed by atoms with Crippen LogP contribution in [-0.4, -0.2) is 17.5 Å². The Balaban J connectivity index is 1.80. The van der Waals surface area contributed by atoms with Crippen molar-refractivity contribution >= 4 is 23.4 Å². The SMILES string of the molecule is Clc1ccccc1C1(N[C@H]2CCSC2)CC1. The van der Waals surface area contributed by atoms with Gasteiger partial charge in [0.15, 0.2) is 0 Å². The molecule has 0 unspecified atom stereocenters. The average Bonchev–Trinajstić information content (AvgIpc) is 2.87. The first kappa shape index (κ1) is 10.9. The fraction of sp³-hybridized carbons (Fsp3) is 0.538. The summed E-state index contributed by atoms with van der Waals surface area (Å²) in [6.07, 6.45) is 3.77. The predicted molar refractivity (Wildman–Crippen MR) is 71.2 cm³/mol. The zero-order chi connectivity index (χ0) is 11.0. The molecule has 3 rings (SSSR count). The molecule has 86 valence electrons. The molecule has 0 spiro atoms. The van der Waals surface area contributed by atoms with Crippen LogP contribution in [0.25, 0.3) is 0 Å². The van der Waals surface area contributed by atoms with Crippen molar-refractivity contribution in [2.45, 2.75) is 30.8 Å². The summed E-state index contributed by atoms with van der Waals surface area (Å²) in [6, 6.07) is 8.95. The first-order valence-corrected chi connectivity index (χ1v) is 7.44. The van der Waals surface area contributed by atoms with Crippen molar-refractivity contribution in [3.8, 4) is 0 Å². The summed E-state index contributed by atoms with van der Waals surface area (Å²) in [4.78, 5) is 0. The van der Waals surface area contributed by atoms with Crippen LogP contribution >= 0.6 is 23.4 Å². The summed E-state index contributed by atoms with van der Waals surface area (Å²) in [5.41, 5.74) is 1.50. The molecule has 2 aliphatic rings. The summed E-state index contributed by atoms with van der Waals surface area (Å²) < 4.78 is 0. The van der Waals surface area contributed by atoms with Crippen molar-refractivity contribution in [3.63, 3.8) is 0 Å². The van der Waals surface area contributed by atoms with E-state index < -0.39 is 0 Å². The lowest BCUT2D eigenvalue weighted by Crippen LogP contribution is -2.38. The lowest BCUT2D eigenvalue weighted by molar-refractivity contribution is 0.445. The van der Waals surface area contributed by atoms with E-state index >= 15 is 0 Å². The summed E-state index contributed by atoms with van der Waals surface area (Å²) in [6.45, 7) is 0. The second-order valence-corrected chi connectivity index (χ2v) is 6.32. The highest BCUT2D eigenvalue weighted by Gasteiger charge is 2.46. The minimum Gasteiger partial charge on any atom is -0.304 e. The zero-order valence-corrected chi connectivity index (χ0v) is 10.8. The number of hydrogen-bond acceptors (Lipinski definition) is 2. The highest BCUT2D eigenvalue weighted by Crippen LogP contribution is 2.48. The molecule has 0 bridgehead atoms. The van der Waals surface area contributed by atoms with Crippen LogP contribution in [0.5, 0.6) is 0 Å². The van der Waals surface area contributed by atoms with Crippen molar-refractivity contribution < 1.29 is 0 Å². The van der Waals surface area contributed by atoms with Crippen LogP contribution in [0.4, 0.5) is 0 Å². The summed E-state index contributed by atoms with van der Waals surface area (Å²) in [5, 5.41) is 4.73. The van der Waals surface area contributed by atoms with Gasteiger partial charge in [-0.25, -0.2) is 0 Å². The largest absolute Gasteiger partial charge is 0.304 e. The Morgan fingerprint density at radius 3 is 2.75 bits per heavy atom. The van der Waals surface area contributed by atoms with E-state index in [1.807, 2.05) is 12.1 Å². The molecule has 1 aliphatic heterocycles. The van der Waals surface area contributed by atoms with Crippen molar-refractivity contribution in [2.75, 3.05) is 11.5 Å². The zero-order valence-electron chi connectivity index (χ0n) is 9.21. The van der Waals surface area contributed by atoms with Crippen LogP contribution in [0.2, 0.25) is 5.02 Å². The summed E-state index contributed by atoms with van der Waals surface area (Å²) in [7, 11) is 0. The first-order chi connectivity index (χ1) is 7.80. The monoisotopic (exact) mass is 253 g/mol. The van der Waals surface area contributed by atoms with E-state index in [1.165, 1.54) is 36.3 Å². The minimum atomic E-state index is 0.202. The second kappa shape index (κ2) is 4.25. The maximum absolute atomic E-state index is 6.29. The van der Waals surface area contributed by atoms with Crippen molar-refractivity contribution in [1.82, 2.24) is 5.32 Å². The Morgan fingerprint density at radius 2 is 2.12 bits per heavy atom. The van der Waals surface area contributed by atoms with E-state index in [-0.39, 0.29) is 5.54 Å². The van der Waals surface area contributed by atoms with Gasteiger partial charge in [0.05, 0.1) is 0 Å². The van der Waals surface area contributed by atoms with Crippen LogP contribution in [0, 0.1) is 0 Å². The number of thioether (sulfide) groups is 1. The Labute approximate surface area is 106 Å². The van der Waals surface area contributed by atoms with Crippen molar-refractivity contribution in [1.29, 1.82) is 0 Å². The molecule has 1 saturated heterocycles. The fourth-order valence-corrected chi connectivity index (χ4v) is 3.97. The second-order valence-electron chi connectivity index (χ2n) is 4.77. The van der Waals surface area contributed by atoms with E-state index in [4.69, 9.17) is 11.6 Å². The average molecular weight is 254 g/mol. The molecule has 1 nitrogen and oxygen atoms in total. The van der Waals surface area contributed by atoms with Crippen LogP contribution < -0.4 is 5.32 Å². The van der Waals surface area contributed by atoms with E-state index in [0.29, 0.717) is 6.04 Å². The molecular formula is C13H16ClNS. The normalized spacial score (nSPS) is 26.9. The van der Waals surface area contributed by atoms with Gasteiger partial charge >= 0.3 is 0 Å². The number of halogens is 1. The van der Waals surface area contributed by atoms with Crippen molar-refractivity contribution in [3.05, 3.63) is 34.9 Å². The standard InChI is InChI=1S/C13H16ClNS/c14-12-4-2-1-3-11(12)13(6-7-13)15-10-5-8-16-9-10/h1-4,10,15H,5-9H2/t10-/m0/s1. The summed E-state index contributed by atoms with van der Waals surface area (Å²) >= 11 is 8.34. The van der Waals surface area contributed by atoms with E-state index in [1.54, 1.807) is 0 Å². The highest BCUT2D eigenvalue weighted by molar-refractivity contribution is 7.99. The fourth-order valence-electron chi connectivity index (χ4n) is 2.50. The molecule has 1 N–H and O–H groups in total. The Bertz CT molecular complexity index is 383. The molecule has 0 aromatic heterocycles. The number of rotatable bonds is 3. The maximum atomic E-state index is 6.29. The van der Waals surface area contributed by atoms with Gasteiger partial charge in [0.1, 0.15) is 0 Å². The Kier molecular flexibility index (Phi) is 2.90. The third-order valence-electron chi connectivity index (χ3n) is 3.55. The maximum Gasteiger partial charge on any atom is 0.0456 e. The van der Waals surface area contributed by atoms with Gasteiger partial charge in [0.2, 0.25) is 0 Å². The predicted octanol–water partition coefficient (Wildman–Crippen LogP) is 3.42. The lowest BCUT2D eigenvalue weighted by atomic mass is 10.0. The third kappa shape index (κ3) is 1.99. The van der Waals surface area contributed by atoms with Gasteiger partial charge in [0, 0.05) is 22.4 Å². The quantitative estimate of drug-likeness (QED) is 0.886. The molecule has 0 amide bonds. The van der Waals surface area contributed by atoms with Crippen LogP contribution in [-0.2, 0) is 5.54 Å². The third-order valence-corrected chi connectivity index (χ3v) is 5.04. The minimum absolute atomic E-state index is 0.202. The Hall–Kier alpha value is -0.180.